The highest BCUT2D eigenvalue weighted by atomic mass is 79.9. The van der Waals surface area contributed by atoms with E-state index in [1.54, 1.807) is 18.2 Å². The Labute approximate surface area is 200 Å². The van der Waals surface area contributed by atoms with Crippen LogP contribution in [0.2, 0.25) is 0 Å². The summed E-state index contributed by atoms with van der Waals surface area (Å²) >= 11 is 3.47. The maximum absolute atomic E-state index is 12.4. The van der Waals surface area contributed by atoms with Crippen LogP contribution in [0, 0.1) is 25.2 Å². The molecule has 0 saturated carbocycles. The number of halogens is 1. The summed E-state index contributed by atoms with van der Waals surface area (Å²) in [6.07, 6.45) is 0. The summed E-state index contributed by atoms with van der Waals surface area (Å²) in [7, 11) is 0. The molecule has 33 heavy (non-hydrogen) atoms. The molecule has 6 nitrogen and oxygen atoms in total. The molecule has 0 radical (unpaired) electrons. The normalized spacial score (nSPS) is 14.7. The molecule has 0 saturated heterocycles. The lowest BCUT2D eigenvalue weighted by molar-refractivity contribution is -0.136. The van der Waals surface area contributed by atoms with E-state index in [1.807, 2.05) is 56.3 Å². The molecule has 0 aromatic heterocycles. The molecule has 0 aliphatic carbocycles. The van der Waals surface area contributed by atoms with Crippen molar-refractivity contribution in [3.8, 4) is 23.3 Å². The van der Waals surface area contributed by atoms with Crippen LogP contribution in [0.3, 0.4) is 0 Å². The molecule has 1 unspecified atom stereocenters. The zero-order chi connectivity index (χ0) is 23.5. The van der Waals surface area contributed by atoms with E-state index in [9.17, 15) is 10.1 Å². The Balaban J connectivity index is 1.55. The topological polar surface area (TPSA) is 94.6 Å². The summed E-state index contributed by atoms with van der Waals surface area (Å²) in [6.45, 7) is 3.68. The largest absolute Gasteiger partial charge is 0.482 e. The first-order valence-corrected chi connectivity index (χ1v) is 11.0. The highest BCUT2D eigenvalue weighted by Crippen LogP contribution is 2.43. The summed E-state index contributed by atoms with van der Waals surface area (Å²) in [5.74, 6) is 0.447. The van der Waals surface area contributed by atoms with E-state index >= 15 is 0 Å². The molecule has 2 N–H and O–H groups in total. The Morgan fingerprint density at radius 1 is 1.15 bits per heavy atom. The fourth-order valence-corrected chi connectivity index (χ4v) is 4.12. The van der Waals surface area contributed by atoms with Crippen molar-refractivity contribution in [2.24, 2.45) is 5.73 Å². The number of aryl methyl sites for hydroxylation is 1. The standard InChI is InChI=1S/C26H21BrN2O4/c1-15-5-3-8-22(16(15)2)31-14-24(30)32-19-9-10-20-23(12-19)33-26(29)21(13-28)25(20)17-6-4-7-18(27)11-17/h3-12,25H,14,29H2,1-2H3. The third kappa shape index (κ3) is 4.71. The summed E-state index contributed by atoms with van der Waals surface area (Å²) in [6, 6.07) is 20.5. The predicted molar refractivity (Wildman–Crippen MR) is 127 cm³/mol. The zero-order valence-electron chi connectivity index (χ0n) is 18.1. The van der Waals surface area contributed by atoms with Gasteiger partial charge in [0.05, 0.1) is 5.92 Å². The first-order chi connectivity index (χ1) is 15.9. The van der Waals surface area contributed by atoms with Crippen LogP contribution in [0.4, 0.5) is 0 Å². The second-order valence-corrected chi connectivity index (χ2v) is 8.56. The fraction of sp³-hybridized carbons (Fsp3) is 0.154. The average molecular weight is 505 g/mol. The number of rotatable bonds is 5. The van der Waals surface area contributed by atoms with Crippen molar-refractivity contribution in [2.45, 2.75) is 19.8 Å². The number of esters is 1. The lowest BCUT2D eigenvalue weighted by atomic mass is 9.83. The number of allylic oxidation sites excluding steroid dienone is 1. The number of nitriles is 1. The number of fused-ring (bicyclic) bond motifs is 1. The molecule has 1 atom stereocenters. The number of nitrogens with two attached hydrogens (primary N) is 1. The maximum Gasteiger partial charge on any atom is 0.349 e. The SMILES string of the molecule is Cc1cccc(OCC(=O)Oc2ccc3c(c2)OC(N)=C(C#N)C3c2cccc(Br)c2)c1C. The van der Waals surface area contributed by atoms with Gasteiger partial charge in [0.1, 0.15) is 28.9 Å². The minimum Gasteiger partial charge on any atom is -0.482 e. The number of ether oxygens (including phenoxy) is 3. The first-order valence-electron chi connectivity index (χ1n) is 10.2. The molecule has 0 spiro atoms. The highest BCUT2D eigenvalue weighted by Gasteiger charge is 2.31. The van der Waals surface area contributed by atoms with Crippen molar-refractivity contribution in [1.82, 2.24) is 0 Å². The van der Waals surface area contributed by atoms with Gasteiger partial charge in [0, 0.05) is 16.1 Å². The van der Waals surface area contributed by atoms with Crippen LogP contribution < -0.4 is 19.9 Å². The van der Waals surface area contributed by atoms with Crippen LogP contribution >= 0.6 is 15.9 Å². The Morgan fingerprint density at radius 2 is 1.94 bits per heavy atom. The van der Waals surface area contributed by atoms with Crippen LogP contribution in [0.25, 0.3) is 0 Å². The van der Waals surface area contributed by atoms with Crippen molar-refractivity contribution < 1.29 is 19.0 Å². The molecule has 1 heterocycles. The van der Waals surface area contributed by atoms with Gasteiger partial charge < -0.3 is 19.9 Å². The van der Waals surface area contributed by atoms with E-state index in [4.69, 9.17) is 19.9 Å². The van der Waals surface area contributed by atoms with E-state index in [0.29, 0.717) is 22.8 Å². The van der Waals surface area contributed by atoms with Crippen molar-refractivity contribution in [2.75, 3.05) is 6.61 Å². The summed E-state index contributed by atoms with van der Waals surface area (Å²) in [5.41, 5.74) is 10.1. The molecule has 166 valence electrons. The Hall–Kier alpha value is -3.76. The quantitative estimate of drug-likeness (QED) is 0.375. The van der Waals surface area contributed by atoms with Crippen molar-refractivity contribution in [1.29, 1.82) is 5.26 Å². The van der Waals surface area contributed by atoms with Gasteiger partial charge in [-0.25, -0.2) is 4.79 Å². The number of nitrogens with zero attached hydrogens (tertiary/aromatic N) is 1. The molecular formula is C26H21BrN2O4. The molecule has 0 bridgehead atoms. The average Bonchev–Trinajstić information content (AvgIpc) is 2.79. The molecule has 3 aromatic rings. The van der Waals surface area contributed by atoms with E-state index in [1.165, 1.54) is 0 Å². The molecule has 0 fully saturated rings. The Bertz CT molecular complexity index is 1310. The molecule has 4 rings (SSSR count). The molecular weight excluding hydrogens is 484 g/mol. The number of hydrogen-bond acceptors (Lipinski definition) is 6. The number of hydrogen-bond donors (Lipinski definition) is 1. The van der Waals surface area contributed by atoms with Gasteiger partial charge in [0.2, 0.25) is 5.88 Å². The molecule has 7 heteroatoms. The Morgan fingerprint density at radius 3 is 2.70 bits per heavy atom. The van der Waals surface area contributed by atoms with E-state index in [-0.39, 0.29) is 12.5 Å². The maximum atomic E-state index is 12.4. The zero-order valence-corrected chi connectivity index (χ0v) is 19.7. The van der Waals surface area contributed by atoms with Crippen LogP contribution in [-0.2, 0) is 4.79 Å². The lowest BCUT2D eigenvalue weighted by Gasteiger charge is -2.26. The van der Waals surface area contributed by atoms with Crippen LogP contribution in [0.1, 0.15) is 28.2 Å². The molecule has 3 aromatic carbocycles. The molecule has 1 aliphatic heterocycles. The van der Waals surface area contributed by atoms with Crippen molar-refractivity contribution in [3.05, 3.63) is 98.8 Å². The predicted octanol–water partition coefficient (Wildman–Crippen LogP) is 5.27. The minimum atomic E-state index is -0.545. The summed E-state index contributed by atoms with van der Waals surface area (Å²) in [5, 5.41) is 9.69. The van der Waals surface area contributed by atoms with E-state index in [2.05, 4.69) is 22.0 Å². The molecule has 0 amide bonds. The van der Waals surface area contributed by atoms with Gasteiger partial charge in [-0.15, -0.1) is 0 Å². The van der Waals surface area contributed by atoms with E-state index in [0.717, 1.165) is 26.7 Å². The summed E-state index contributed by atoms with van der Waals surface area (Å²) < 4.78 is 17.7. The van der Waals surface area contributed by atoms with Crippen molar-refractivity contribution in [3.63, 3.8) is 0 Å². The smallest absolute Gasteiger partial charge is 0.349 e. The number of carbonyl (C=O) groups excluding carboxylic acids is 1. The summed E-state index contributed by atoms with van der Waals surface area (Å²) in [4.78, 5) is 12.4. The third-order valence-electron chi connectivity index (χ3n) is 5.50. The van der Waals surface area contributed by atoms with Gasteiger partial charge in [-0.05, 0) is 54.8 Å². The van der Waals surface area contributed by atoms with Gasteiger partial charge in [-0.2, -0.15) is 5.26 Å². The Kier molecular flexibility index (Phi) is 6.38. The van der Waals surface area contributed by atoms with Gasteiger partial charge in [-0.3, -0.25) is 0 Å². The molecule has 1 aliphatic rings. The second kappa shape index (κ2) is 9.39. The van der Waals surface area contributed by atoms with Gasteiger partial charge in [0.25, 0.3) is 0 Å². The van der Waals surface area contributed by atoms with Crippen molar-refractivity contribution >= 4 is 21.9 Å². The minimum absolute atomic E-state index is 0.0247. The third-order valence-corrected chi connectivity index (χ3v) is 6.00. The number of benzene rings is 3. The van der Waals surface area contributed by atoms with Gasteiger partial charge >= 0.3 is 5.97 Å². The van der Waals surface area contributed by atoms with Crippen LogP contribution in [0.5, 0.6) is 17.2 Å². The van der Waals surface area contributed by atoms with E-state index < -0.39 is 11.9 Å². The highest BCUT2D eigenvalue weighted by molar-refractivity contribution is 9.10. The fourth-order valence-electron chi connectivity index (χ4n) is 3.71. The van der Waals surface area contributed by atoms with Crippen LogP contribution in [-0.4, -0.2) is 12.6 Å². The lowest BCUT2D eigenvalue weighted by Crippen LogP contribution is -2.21. The van der Waals surface area contributed by atoms with Crippen LogP contribution in [0.15, 0.2) is 76.6 Å². The second-order valence-electron chi connectivity index (χ2n) is 7.64. The number of carbonyl (C=O) groups is 1. The first kappa shape index (κ1) is 22.4. The monoisotopic (exact) mass is 504 g/mol. The van der Waals surface area contributed by atoms with Gasteiger partial charge in [-0.1, -0.05) is 46.3 Å². The van der Waals surface area contributed by atoms with Gasteiger partial charge in [0.15, 0.2) is 6.61 Å².